The first kappa shape index (κ1) is 17.7. The lowest BCUT2D eigenvalue weighted by Gasteiger charge is -2.33. The summed E-state index contributed by atoms with van der Waals surface area (Å²) in [5.41, 5.74) is 5.15. The van der Waals surface area contributed by atoms with Crippen LogP contribution >= 0.6 is 0 Å². The van der Waals surface area contributed by atoms with E-state index in [1.54, 1.807) is 6.08 Å². The lowest BCUT2D eigenvalue weighted by molar-refractivity contribution is -0.116. The Morgan fingerprint density at radius 3 is 2.78 bits per heavy atom. The van der Waals surface area contributed by atoms with Crippen LogP contribution in [0.5, 0.6) is 0 Å². The highest BCUT2D eigenvalue weighted by Gasteiger charge is 2.20. The third kappa shape index (κ3) is 5.83. The van der Waals surface area contributed by atoms with Crippen LogP contribution in [0, 0.1) is 19.8 Å². The van der Waals surface area contributed by atoms with Gasteiger partial charge in [0.05, 0.1) is 0 Å². The zero-order valence-electron chi connectivity index (χ0n) is 15.0. The van der Waals surface area contributed by atoms with Gasteiger partial charge in [-0.15, -0.1) is 0 Å². The van der Waals surface area contributed by atoms with E-state index in [1.165, 1.54) is 29.5 Å². The van der Waals surface area contributed by atoms with Gasteiger partial charge in [0.1, 0.15) is 0 Å². The molecule has 3 heteroatoms. The smallest absolute Gasteiger partial charge is 0.243 e. The molecule has 2 rings (SSSR count). The highest BCUT2D eigenvalue weighted by molar-refractivity contribution is 5.87. The Hall–Kier alpha value is -1.61. The minimum atomic E-state index is 0.0382. The van der Waals surface area contributed by atoms with Crippen molar-refractivity contribution in [2.24, 2.45) is 5.92 Å². The fourth-order valence-electron chi connectivity index (χ4n) is 3.18. The maximum atomic E-state index is 11.7. The van der Waals surface area contributed by atoms with Crippen molar-refractivity contribution in [3.8, 4) is 0 Å². The standard InChI is InChI=1S/C20H30N2O/c1-15(2)10-20(23)21-12-19-6-5-9-22(14-19)13-18-8-7-16(3)17(4)11-18/h7-8,10-11,19H,5-6,9,12-14H2,1-4H3,(H,21,23)/t19-/m1/s1. The third-order valence-electron chi connectivity index (χ3n) is 4.57. The molecule has 0 unspecified atom stereocenters. The van der Waals surface area contributed by atoms with E-state index >= 15 is 0 Å². The van der Waals surface area contributed by atoms with Gasteiger partial charge < -0.3 is 5.32 Å². The topological polar surface area (TPSA) is 32.3 Å². The zero-order valence-corrected chi connectivity index (χ0v) is 15.0. The van der Waals surface area contributed by atoms with Gasteiger partial charge in [0.25, 0.3) is 0 Å². The SMILES string of the molecule is CC(C)=CC(=O)NC[C@H]1CCCN(Cc2ccc(C)c(C)c2)C1. The number of piperidine rings is 1. The van der Waals surface area contributed by atoms with Gasteiger partial charge >= 0.3 is 0 Å². The molecule has 1 aliphatic heterocycles. The summed E-state index contributed by atoms with van der Waals surface area (Å²) in [6.45, 7) is 12.3. The number of amides is 1. The quantitative estimate of drug-likeness (QED) is 0.842. The van der Waals surface area contributed by atoms with Crippen molar-refractivity contribution in [3.05, 3.63) is 46.5 Å². The minimum Gasteiger partial charge on any atom is -0.352 e. The second-order valence-electron chi connectivity index (χ2n) is 7.13. The van der Waals surface area contributed by atoms with Crippen molar-refractivity contribution >= 4 is 5.91 Å². The van der Waals surface area contributed by atoms with E-state index in [0.29, 0.717) is 5.92 Å². The number of aryl methyl sites for hydroxylation is 2. The molecule has 1 N–H and O–H groups in total. The van der Waals surface area contributed by atoms with Gasteiger partial charge in [-0.2, -0.15) is 0 Å². The lowest BCUT2D eigenvalue weighted by Crippen LogP contribution is -2.40. The average Bonchev–Trinajstić information content (AvgIpc) is 2.49. The summed E-state index contributed by atoms with van der Waals surface area (Å²) in [7, 11) is 0. The number of benzene rings is 1. The van der Waals surface area contributed by atoms with Crippen LogP contribution < -0.4 is 5.32 Å². The van der Waals surface area contributed by atoms with E-state index in [9.17, 15) is 4.79 Å². The van der Waals surface area contributed by atoms with Crippen LogP contribution in [0.15, 0.2) is 29.8 Å². The number of hydrogen-bond donors (Lipinski definition) is 1. The Balaban J connectivity index is 1.84. The normalized spacial score (nSPS) is 18.5. The summed E-state index contributed by atoms with van der Waals surface area (Å²) < 4.78 is 0. The Morgan fingerprint density at radius 1 is 1.30 bits per heavy atom. The highest BCUT2D eigenvalue weighted by Crippen LogP contribution is 2.19. The fraction of sp³-hybridized carbons (Fsp3) is 0.550. The molecular weight excluding hydrogens is 284 g/mol. The summed E-state index contributed by atoms with van der Waals surface area (Å²) in [5.74, 6) is 0.598. The predicted molar refractivity (Wildman–Crippen MR) is 96.4 cm³/mol. The van der Waals surface area contributed by atoms with Gasteiger partial charge in [0.15, 0.2) is 0 Å². The van der Waals surface area contributed by atoms with Crippen LogP contribution in [-0.4, -0.2) is 30.4 Å². The number of hydrogen-bond acceptors (Lipinski definition) is 2. The van der Waals surface area contributed by atoms with Crippen LogP contribution in [-0.2, 0) is 11.3 Å². The molecule has 0 radical (unpaired) electrons. The molecule has 23 heavy (non-hydrogen) atoms. The summed E-state index contributed by atoms with van der Waals surface area (Å²) in [4.78, 5) is 14.3. The number of rotatable bonds is 5. The van der Waals surface area contributed by atoms with Crippen LogP contribution in [0.3, 0.4) is 0 Å². The number of carbonyl (C=O) groups is 1. The molecule has 1 heterocycles. The Morgan fingerprint density at radius 2 is 2.09 bits per heavy atom. The largest absolute Gasteiger partial charge is 0.352 e. The van der Waals surface area contributed by atoms with Crippen molar-refractivity contribution in [2.75, 3.05) is 19.6 Å². The number of nitrogens with one attached hydrogen (secondary N) is 1. The summed E-state index contributed by atoms with van der Waals surface area (Å²) in [6, 6.07) is 6.75. The molecule has 126 valence electrons. The van der Waals surface area contributed by atoms with Gasteiger partial charge in [-0.05, 0) is 69.7 Å². The lowest BCUT2D eigenvalue weighted by atomic mass is 9.97. The molecule has 1 aliphatic rings. The molecule has 0 spiro atoms. The van der Waals surface area contributed by atoms with Crippen LogP contribution in [0.4, 0.5) is 0 Å². The number of carbonyl (C=O) groups excluding carboxylic acids is 1. The van der Waals surface area contributed by atoms with Crippen LogP contribution in [0.1, 0.15) is 43.4 Å². The molecule has 0 aliphatic carbocycles. The second kappa shape index (κ2) is 8.30. The Labute approximate surface area is 140 Å². The molecule has 1 aromatic rings. The molecular formula is C20H30N2O. The molecule has 0 saturated carbocycles. The van der Waals surface area contributed by atoms with Gasteiger partial charge in [0, 0.05) is 25.7 Å². The maximum Gasteiger partial charge on any atom is 0.243 e. The summed E-state index contributed by atoms with van der Waals surface area (Å²) in [6.07, 6.45) is 4.10. The van der Waals surface area contributed by atoms with Crippen molar-refractivity contribution in [3.63, 3.8) is 0 Å². The Kier molecular flexibility index (Phi) is 6.40. The first-order valence-corrected chi connectivity index (χ1v) is 8.65. The Bertz CT molecular complexity index is 573. The average molecular weight is 314 g/mol. The summed E-state index contributed by atoms with van der Waals surface area (Å²) >= 11 is 0. The number of nitrogens with zero attached hydrogens (tertiary/aromatic N) is 1. The molecule has 0 bridgehead atoms. The van der Waals surface area contributed by atoms with Crippen molar-refractivity contribution in [1.29, 1.82) is 0 Å². The first-order chi connectivity index (χ1) is 10.9. The van der Waals surface area contributed by atoms with Crippen molar-refractivity contribution in [2.45, 2.75) is 47.1 Å². The molecule has 3 nitrogen and oxygen atoms in total. The molecule has 1 fully saturated rings. The fourth-order valence-corrected chi connectivity index (χ4v) is 3.18. The monoisotopic (exact) mass is 314 g/mol. The van der Waals surface area contributed by atoms with Gasteiger partial charge in [-0.3, -0.25) is 9.69 Å². The highest BCUT2D eigenvalue weighted by atomic mass is 16.1. The predicted octanol–water partition coefficient (Wildman–Crippen LogP) is 3.60. The molecule has 1 aromatic carbocycles. The van der Waals surface area contributed by atoms with E-state index < -0.39 is 0 Å². The second-order valence-corrected chi connectivity index (χ2v) is 7.13. The van der Waals surface area contributed by atoms with Gasteiger partial charge in [-0.1, -0.05) is 23.8 Å². The number of allylic oxidation sites excluding steroid dienone is 1. The van der Waals surface area contributed by atoms with Crippen LogP contribution in [0.25, 0.3) is 0 Å². The van der Waals surface area contributed by atoms with E-state index in [4.69, 9.17) is 0 Å². The van der Waals surface area contributed by atoms with E-state index in [1.807, 2.05) is 13.8 Å². The van der Waals surface area contributed by atoms with E-state index in [2.05, 4.69) is 42.3 Å². The zero-order chi connectivity index (χ0) is 16.8. The van der Waals surface area contributed by atoms with Crippen molar-refractivity contribution < 1.29 is 4.79 Å². The summed E-state index contributed by atoms with van der Waals surface area (Å²) in [5, 5.41) is 3.04. The minimum absolute atomic E-state index is 0.0382. The molecule has 1 saturated heterocycles. The maximum absolute atomic E-state index is 11.7. The first-order valence-electron chi connectivity index (χ1n) is 8.65. The van der Waals surface area contributed by atoms with Gasteiger partial charge in [-0.25, -0.2) is 0 Å². The van der Waals surface area contributed by atoms with Crippen LogP contribution in [0.2, 0.25) is 0 Å². The third-order valence-corrected chi connectivity index (χ3v) is 4.57. The molecule has 0 aromatic heterocycles. The molecule has 1 amide bonds. The van der Waals surface area contributed by atoms with Crippen molar-refractivity contribution in [1.82, 2.24) is 10.2 Å². The molecule has 1 atom stereocenters. The van der Waals surface area contributed by atoms with Gasteiger partial charge in [0.2, 0.25) is 5.91 Å². The van der Waals surface area contributed by atoms with E-state index in [-0.39, 0.29) is 5.91 Å². The van der Waals surface area contributed by atoms with E-state index in [0.717, 1.165) is 31.8 Å². The number of likely N-dealkylation sites (tertiary alicyclic amines) is 1.